The number of carbonyl (C=O) groups excluding carboxylic acids is 1. The Bertz CT molecular complexity index is 410. The van der Waals surface area contributed by atoms with Crippen LogP contribution in [0.3, 0.4) is 0 Å². The molecule has 0 saturated heterocycles. The lowest BCUT2D eigenvalue weighted by molar-refractivity contribution is -0.133. The number of hydrogen-bond donors (Lipinski definition) is 1. The molecule has 0 aromatic heterocycles. The van der Waals surface area contributed by atoms with Crippen LogP contribution < -0.4 is 0 Å². The maximum atomic E-state index is 10.7. The highest BCUT2D eigenvalue weighted by Gasteiger charge is 2.00. The van der Waals surface area contributed by atoms with E-state index in [-0.39, 0.29) is 5.75 Å². The molecule has 1 rings (SSSR count). The van der Waals surface area contributed by atoms with Gasteiger partial charge in [-0.25, -0.2) is 4.79 Å². The van der Waals surface area contributed by atoms with Crippen molar-refractivity contribution in [1.29, 1.82) is 0 Å². The molecule has 3 nitrogen and oxygen atoms in total. The largest absolute Gasteiger partial charge is 0.506 e. The van der Waals surface area contributed by atoms with Crippen molar-refractivity contribution in [1.82, 2.24) is 0 Å². The number of methoxy groups -OCH3 is 1. The summed E-state index contributed by atoms with van der Waals surface area (Å²) in [6, 6.07) is 5.16. The number of esters is 1. The first-order valence-corrected chi connectivity index (χ1v) is 4.03. The van der Waals surface area contributed by atoms with Crippen molar-refractivity contribution in [2.45, 2.75) is 6.92 Å². The number of phenols is 1. The summed E-state index contributed by atoms with van der Waals surface area (Å²) in [5, 5.41) is 9.53. The summed E-state index contributed by atoms with van der Waals surface area (Å²) in [6.07, 6.45) is 0. The average molecular weight is 190 g/mol. The molecule has 0 amide bonds. The van der Waals surface area contributed by atoms with E-state index in [1.807, 2.05) is 0 Å². The van der Waals surface area contributed by atoms with E-state index in [4.69, 9.17) is 0 Å². The lowest BCUT2D eigenvalue weighted by Crippen LogP contribution is -1.94. The molecule has 0 unspecified atom stereocenters. The van der Waals surface area contributed by atoms with E-state index < -0.39 is 5.97 Å². The van der Waals surface area contributed by atoms with E-state index in [1.54, 1.807) is 25.1 Å². The Morgan fingerprint density at radius 2 is 2.21 bits per heavy atom. The molecular formula is C11H10O3. The van der Waals surface area contributed by atoms with E-state index >= 15 is 0 Å². The first kappa shape index (κ1) is 10.1. The average Bonchev–Trinajstić information content (AvgIpc) is 2.20. The van der Waals surface area contributed by atoms with Gasteiger partial charge in [0.05, 0.1) is 12.7 Å². The first-order chi connectivity index (χ1) is 6.65. The maximum absolute atomic E-state index is 10.7. The lowest BCUT2D eigenvalue weighted by atomic mass is 10.1. The zero-order valence-electron chi connectivity index (χ0n) is 8.00. The highest BCUT2D eigenvalue weighted by Crippen LogP contribution is 2.19. The van der Waals surface area contributed by atoms with Crippen LogP contribution in [0.5, 0.6) is 5.75 Å². The molecule has 1 N–H and O–H groups in total. The molecule has 0 aliphatic heterocycles. The van der Waals surface area contributed by atoms with Gasteiger partial charge >= 0.3 is 5.97 Å². The van der Waals surface area contributed by atoms with Crippen LogP contribution in [0.2, 0.25) is 0 Å². The number of carbonyl (C=O) groups is 1. The van der Waals surface area contributed by atoms with Gasteiger partial charge in [0.15, 0.2) is 0 Å². The van der Waals surface area contributed by atoms with E-state index in [1.165, 1.54) is 7.11 Å². The number of para-hydroxylation sites is 1. The molecule has 72 valence electrons. The van der Waals surface area contributed by atoms with Crippen molar-refractivity contribution < 1.29 is 14.6 Å². The second-order valence-corrected chi connectivity index (χ2v) is 2.71. The van der Waals surface area contributed by atoms with Gasteiger partial charge in [-0.3, -0.25) is 0 Å². The van der Waals surface area contributed by atoms with Crippen molar-refractivity contribution in [2.75, 3.05) is 7.11 Å². The van der Waals surface area contributed by atoms with Gasteiger partial charge in [-0.1, -0.05) is 18.1 Å². The molecule has 0 aliphatic carbocycles. The van der Waals surface area contributed by atoms with Gasteiger partial charge in [0.2, 0.25) is 0 Å². The summed E-state index contributed by atoms with van der Waals surface area (Å²) >= 11 is 0. The summed E-state index contributed by atoms with van der Waals surface area (Å²) in [5.41, 5.74) is 1.15. The van der Waals surface area contributed by atoms with Gasteiger partial charge in [-0.05, 0) is 18.6 Å². The molecule has 0 radical (unpaired) electrons. The summed E-state index contributed by atoms with van der Waals surface area (Å²) in [4.78, 5) is 10.7. The quantitative estimate of drug-likeness (QED) is 0.494. The third-order valence-electron chi connectivity index (χ3n) is 1.72. The minimum absolute atomic E-state index is 0.101. The molecule has 0 spiro atoms. The van der Waals surface area contributed by atoms with Gasteiger partial charge in [-0.2, -0.15) is 0 Å². The van der Waals surface area contributed by atoms with Crippen molar-refractivity contribution in [2.24, 2.45) is 0 Å². The second kappa shape index (κ2) is 4.33. The summed E-state index contributed by atoms with van der Waals surface area (Å²) in [7, 11) is 1.26. The molecule has 0 heterocycles. The number of phenolic OH excluding ortho intramolecular Hbond substituents is 1. The highest BCUT2D eigenvalue weighted by atomic mass is 16.5. The van der Waals surface area contributed by atoms with Crippen LogP contribution in [0.15, 0.2) is 18.2 Å². The Labute approximate surface area is 82.3 Å². The fraction of sp³-hybridized carbons (Fsp3) is 0.182. The maximum Gasteiger partial charge on any atom is 0.384 e. The fourth-order valence-corrected chi connectivity index (χ4v) is 0.929. The number of aromatic hydroxyl groups is 1. The van der Waals surface area contributed by atoms with Crippen molar-refractivity contribution in [3.8, 4) is 17.6 Å². The molecule has 0 bridgehead atoms. The van der Waals surface area contributed by atoms with Gasteiger partial charge < -0.3 is 9.84 Å². The predicted octanol–water partition coefficient (Wildman–Crippen LogP) is 1.23. The van der Waals surface area contributed by atoms with Gasteiger partial charge in [0.25, 0.3) is 0 Å². The van der Waals surface area contributed by atoms with E-state index in [0.717, 1.165) is 5.56 Å². The Kier molecular flexibility index (Phi) is 3.14. The number of rotatable bonds is 0. The third-order valence-corrected chi connectivity index (χ3v) is 1.72. The van der Waals surface area contributed by atoms with Crippen molar-refractivity contribution >= 4 is 5.97 Å². The molecule has 1 aromatic rings. The van der Waals surface area contributed by atoms with Crippen molar-refractivity contribution in [3.05, 3.63) is 29.3 Å². The highest BCUT2D eigenvalue weighted by molar-refractivity contribution is 5.89. The molecule has 0 saturated carbocycles. The number of benzene rings is 1. The number of aryl methyl sites for hydroxylation is 1. The van der Waals surface area contributed by atoms with Crippen LogP contribution in [-0.4, -0.2) is 18.2 Å². The molecule has 1 aromatic carbocycles. The molecule has 0 aliphatic rings. The molecule has 3 heteroatoms. The standard InChI is InChI=1S/C11H10O3/c1-8-4-3-5-9(11(8)13)6-7-10(12)14-2/h3-5,13H,1-2H3. The van der Waals surface area contributed by atoms with Gasteiger partial charge in [-0.15, -0.1) is 0 Å². The van der Waals surface area contributed by atoms with Crippen LogP contribution in [0.25, 0.3) is 0 Å². The fourth-order valence-electron chi connectivity index (χ4n) is 0.929. The Morgan fingerprint density at radius 1 is 1.50 bits per heavy atom. The minimum atomic E-state index is -0.620. The first-order valence-electron chi connectivity index (χ1n) is 4.03. The van der Waals surface area contributed by atoms with E-state index in [2.05, 4.69) is 16.6 Å². The van der Waals surface area contributed by atoms with Crippen LogP contribution in [-0.2, 0) is 9.53 Å². The lowest BCUT2D eigenvalue weighted by Gasteiger charge is -1.99. The predicted molar refractivity (Wildman–Crippen MR) is 51.7 cm³/mol. The zero-order valence-corrected chi connectivity index (χ0v) is 8.00. The van der Waals surface area contributed by atoms with Crippen molar-refractivity contribution in [3.63, 3.8) is 0 Å². The zero-order chi connectivity index (χ0) is 10.6. The van der Waals surface area contributed by atoms with Crippen LogP contribution in [0, 0.1) is 18.8 Å². The second-order valence-electron chi connectivity index (χ2n) is 2.71. The van der Waals surface area contributed by atoms with Gasteiger partial charge in [0, 0.05) is 5.92 Å². The third kappa shape index (κ3) is 2.27. The minimum Gasteiger partial charge on any atom is -0.506 e. The van der Waals surface area contributed by atoms with Crippen LogP contribution >= 0.6 is 0 Å². The van der Waals surface area contributed by atoms with Crippen LogP contribution in [0.4, 0.5) is 0 Å². The molecule has 0 fully saturated rings. The molecule has 0 atom stereocenters. The van der Waals surface area contributed by atoms with Crippen LogP contribution in [0.1, 0.15) is 11.1 Å². The normalized spacial score (nSPS) is 8.71. The summed E-state index contributed by atoms with van der Waals surface area (Å²) in [6.45, 7) is 1.76. The molecular weight excluding hydrogens is 180 g/mol. The number of hydrogen-bond acceptors (Lipinski definition) is 3. The van der Waals surface area contributed by atoms with E-state index in [9.17, 15) is 9.90 Å². The Balaban J connectivity index is 3.01. The summed E-state index contributed by atoms with van der Waals surface area (Å²) < 4.78 is 4.35. The number of ether oxygens (including phenoxy) is 1. The Hall–Kier alpha value is -1.95. The van der Waals surface area contributed by atoms with Gasteiger partial charge in [0.1, 0.15) is 5.75 Å². The molecule has 14 heavy (non-hydrogen) atoms. The topological polar surface area (TPSA) is 46.5 Å². The summed E-state index contributed by atoms with van der Waals surface area (Å²) in [5.74, 6) is 4.26. The smallest absolute Gasteiger partial charge is 0.384 e. The van der Waals surface area contributed by atoms with E-state index in [0.29, 0.717) is 5.56 Å². The monoisotopic (exact) mass is 190 g/mol. The SMILES string of the molecule is COC(=O)C#Cc1cccc(C)c1O. The Morgan fingerprint density at radius 3 is 2.86 bits per heavy atom.